The van der Waals surface area contributed by atoms with Gasteiger partial charge in [0.15, 0.2) is 6.10 Å². The van der Waals surface area contributed by atoms with Crippen molar-refractivity contribution in [2.45, 2.75) is 91.1 Å². The van der Waals surface area contributed by atoms with Crippen molar-refractivity contribution in [2.24, 2.45) is 0 Å². The van der Waals surface area contributed by atoms with Crippen molar-refractivity contribution in [1.29, 1.82) is 0 Å². The minimum absolute atomic E-state index is 0.0259. The zero-order valence-corrected chi connectivity index (χ0v) is 22.6. The van der Waals surface area contributed by atoms with Crippen LogP contribution in [-0.2, 0) is 20.4 Å². The normalized spacial score (nSPS) is 12.7. The van der Waals surface area contributed by atoms with E-state index in [1.165, 1.54) is 17.7 Å². The van der Waals surface area contributed by atoms with E-state index in [4.69, 9.17) is 4.74 Å². The Balaban J connectivity index is 2.26. The molecule has 0 spiro atoms. The molecule has 0 fully saturated rings. The molecule has 2 aromatic rings. The predicted molar refractivity (Wildman–Crippen MR) is 144 cm³/mol. The highest BCUT2D eigenvalue weighted by molar-refractivity contribution is 5.96. The summed E-state index contributed by atoms with van der Waals surface area (Å²) in [5, 5.41) is 15.4. The van der Waals surface area contributed by atoms with Crippen molar-refractivity contribution in [3.8, 4) is 11.5 Å². The SMILES string of the molecule is CCC(Oc1ccc(C(C)(C)CC)cc1C(C)(C)CC)C(=O)Nc1ccc(NC(=O)CCF)c(O)c1. The van der Waals surface area contributed by atoms with Crippen LogP contribution in [0.3, 0.4) is 0 Å². The number of alkyl halides is 1. The maximum Gasteiger partial charge on any atom is 0.265 e. The Morgan fingerprint density at radius 1 is 0.972 bits per heavy atom. The van der Waals surface area contributed by atoms with Gasteiger partial charge in [-0.3, -0.25) is 14.0 Å². The third kappa shape index (κ3) is 7.21. The first kappa shape index (κ1) is 29.1. The van der Waals surface area contributed by atoms with Crippen LogP contribution in [0.4, 0.5) is 15.8 Å². The highest BCUT2D eigenvalue weighted by Gasteiger charge is 2.29. The van der Waals surface area contributed by atoms with Crippen molar-refractivity contribution < 1.29 is 23.8 Å². The number of carbonyl (C=O) groups excluding carboxylic acids is 2. The van der Waals surface area contributed by atoms with Crippen molar-refractivity contribution in [3.63, 3.8) is 0 Å². The second kappa shape index (κ2) is 12.2. The van der Waals surface area contributed by atoms with Gasteiger partial charge in [-0.05, 0) is 53.9 Å². The molecule has 2 rings (SSSR count). The molecule has 36 heavy (non-hydrogen) atoms. The van der Waals surface area contributed by atoms with Crippen molar-refractivity contribution in [3.05, 3.63) is 47.5 Å². The fourth-order valence-corrected chi connectivity index (χ4v) is 3.69. The fourth-order valence-electron chi connectivity index (χ4n) is 3.69. The van der Waals surface area contributed by atoms with Crippen LogP contribution in [-0.4, -0.2) is 29.7 Å². The van der Waals surface area contributed by atoms with E-state index < -0.39 is 18.7 Å². The number of rotatable bonds is 12. The fraction of sp³-hybridized carbons (Fsp3) is 0.517. The lowest BCUT2D eigenvalue weighted by Gasteiger charge is -2.31. The zero-order chi connectivity index (χ0) is 27.1. The van der Waals surface area contributed by atoms with E-state index in [0.29, 0.717) is 17.9 Å². The number of hydrogen-bond acceptors (Lipinski definition) is 4. The Morgan fingerprint density at radius 2 is 1.64 bits per heavy atom. The Labute approximate surface area is 214 Å². The lowest BCUT2D eigenvalue weighted by Crippen LogP contribution is -2.33. The van der Waals surface area contributed by atoms with Gasteiger partial charge in [-0.1, -0.05) is 60.6 Å². The smallest absolute Gasteiger partial charge is 0.265 e. The van der Waals surface area contributed by atoms with E-state index in [1.54, 1.807) is 6.07 Å². The molecule has 3 N–H and O–H groups in total. The molecule has 1 atom stereocenters. The van der Waals surface area contributed by atoms with Gasteiger partial charge in [-0.15, -0.1) is 0 Å². The van der Waals surface area contributed by atoms with E-state index in [1.807, 2.05) is 13.0 Å². The number of halogens is 1. The summed E-state index contributed by atoms with van der Waals surface area (Å²) in [4.78, 5) is 24.7. The van der Waals surface area contributed by atoms with Crippen LogP contribution in [0, 0.1) is 0 Å². The van der Waals surface area contributed by atoms with Crippen LogP contribution < -0.4 is 15.4 Å². The number of phenolic OH excluding ortho intramolecular Hbond substituents is 1. The standard InChI is InChI=1S/C29H41FN2O4/c1-8-24(27(35)31-20-12-13-22(23(33)18-20)32-26(34)15-16-30)36-25-14-11-19(28(4,5)9-2)17-21(25)29(6,7)10-3/h11-14,17-18,24,33H,8-10,15-16H2,1-7H3,(H,31,35)(H,32,34). The van der Waals surface area contributed by atoms with Crippen LogP contribution >= 0.6 is 0 Å². The molecule has 0 aliphatic rings. The molecule has 7 heteroatoms. The quantitative estimate of drug-likeness (QED) is 0.278. The average Bonchev–Trinajstić information content (AvgIpc) is 2.84. The topological polar surface area (TPSA) is 87.7 Å². The number of ether oxygens (including phenoxy) is 1. The molecule has 0 aliphatic carbocycles. The van der Waals surface area contributed by atoms with Gasteiger partial charge < -0.3 is 20.5 Å². The van der Waals surface area contributed by atoms with Crippen molar-refractivity contribution in [1.82, 2.24) is 0 Å². The molecule has 0 aromatic heterocycles. The summed E-state index contributed by atoms with van der Waals surface area (Å²) in [6.07, 6.45) is 1.33. The summed E-state index contributed by atoms with van der Waals surface area (Å²) in [7, 11) is 0. The van der Waals surface area contributed by atoms with E-state index in [2.05, 4.69) is 64.3 Å². The van der Waals surface area contributed by atoms with Gasteiger partial charge in [0.2, 0.25) is 5.91 Å². The highest BCUT2D eigenvalue weighted by atomic mass is 19.1. The second-order valence-electron chi connectivity index (χ2n) is 10.4. The third-order valence-corrected chi connectivity index (χ3v) is 7.05. The molecule has 0 saturated heterocycles. The van der Waals surface area contributed by atoms with Gasteiger partial charge in [-0.2, -0.15) is 0 Å². The van der Waals surface area contributed by atoms with Crippen LogP contribution in [0.5, 0.6) is 11.5 Å². The number of carbonyl (C=O) groups is 2. The molecule has 0 radical (unpaired) electrons. The maximum atomic E-state index is 13.1. The molecule has 0 aliphatic heterocycles. The summed E-state index contributed by atoms with van der Waals surface area (Å²) >= 11 is 0. The second-order valence-corrected chi connectivity index (χ2v) is 10.4. The predicted octanol–water partition coefficient (Wildman–Crippen LogP) is 6.86. The minimum Gasteiger partial charge on any atom is -0.506 e. The summed E-state index contributed by atoms with van der Waals surface area (Å²) in [5.41, 5.74) is 2.70. The molecular formula is C29H41FN2O4. The summed E-state index contributed by atoms with van der Waals surface area (Å²) in [5.74, 6) is -0.420. The zero-order valence-electron chi connectivity index (χ0n) is 22.6. The molecule has 1 unspecified atom stereocenters. The molecule has 0 bridgehead atoms. The van der Waals surface area contributed by atoms with Crippen LogP contribution in [0.25, 0.3) is 0 Å². The summed E-state index contributed by atoms with van der Waals surface area (Å²) in [6, 6.07) is 10.6. The first-order chi connectivity index (χ1) is 16.9. The third-order valence-electron chi connectivity index (χ3n) is 7.05. The monoisotopic (exact) mass is 500 g/mol. The molecule has 0 heterocycles. The van der Waals surface area contributed by atoms with E-state index in [0.717, 1.165) is 18.4 Å². The number of amides is 2. The van der Waals surface area contributed by atoms with Crippen LogP contribution in [0.15, 0.2) is 36.4 Å². The Kier molecular flexibility index (Phi) is 9.91. The lowest BCUT2D eigenvalue weighted by atomic mass is 9.76. The summed E-state index contributed by atoms with van der Waals surface area (Å²) < 4.78 is 18.6. The highest BCUT2D eigenvalue weighted by Crippen LogP contribution is 2.39. The van der Waals surface area contributed by atoms with Crippen LogP contribution in [0.2, 0.25) is 0 Å². The summed E-state index contributed by atoms with van der Waals surface area (Å²) in [6.45, 7) is 14.2. The average molecular weight is 501 g/mol. The van der Waals surface area contributed by atoms with Gasteiger partial charge in [0.1, 0.15) is 11.5 Å². The van der Waals surface area contributed by atoms with Crippen molar-refractivity contribution in [2.75, 3.05) is 17.3 Å². The van der Waals surface area contributed by atoms with Gasteiger partial charge in [0.25, 0.3) is 5.91 Å². The molecule has 2 aromatic carbocycles. The van der Waals surface area contributed by atoms with E-state index >= 15 is 0 Å². The molecular weight excluding hydrogens is 459 g/mol. The molecule has 6 nitrogen and oxygen atoms in total. The van der Waals surface area contributed by atoms with Gasteiger partial charge in [0, 0.05) is 17.3 Å². The molecule has 0 saturated carbocycles. The number of benzene rings is 2. The first-order valence-corrected chi connectivity index (χ1v) is 12.7. The number of phenols is 1. The van der Waals surface area contributed by atoms with Crippen LogP contribution in [0.1, 0.15) is 85.3 Å². The van der Waals surface area contributed by atoms with Gasteiger partial charge in [0.05, 0.1) is 18.8 Å². The number of hydrogen-bond donors (Lipinski definition) is 3. The largest absolute Gasteiger partial charge is 0.506 e. The van der Waals surface area contributed by atoms with E-state index in [9.17, 15) is 19.1 Å². The molecule has 198 valence electrons. The number of anilines is 2. The van der Waals surface area contributed by atoms with Gasteiger partial charge >= 0.3 is 0 Å². The first-order valence-electron chi connectivity index (χ1n) is 12.7. The number of nitrogens with one attached hydrogen (secondary N) is 2. The maximum absolute atomic E-state index is 13.1. The van der Waals surface area contributed by atoms with E-state index in [-0.39, 0.29) is 34.6 Å². The Bertz CT molecular complexity index is 1070. The Morgan fingerprint density at radius 3 is 2.19 bits per heavy atom. The lowest BCUT2D eigenvalue weighted by molar-refractivity contribution is -0.123. The molecule has 2 amide bonds. The van der Waals surface area contributed by atoms with Crippen molar-refractivity contribution >= 4 is 23.2 Å². The van der Waals surface area contributed by atoms with Gasteiger partial charge in [-0.25, -0.2) is 0 Å². The minimum atomic E-state index is -0.782. The number of aromatic hydroxyl groups is 1. The Hall–Kier alpha value is -3.09.